The fraction of sp³-hybridized carbons (Fsp3) is 0.560. The van der Waals surface area contributed by atoms with E-state index in [0.717, 1.165) is 70.3 Å². The van der Waals surface area contributed by atoms with Gasteiger partial charge in [0.2, 0.25) is 0 Å². The number of hydrogen-bond acceptors (Lipinski definition) is 5. The number of para-hydroxylation sites is 1. The number of aliphatic imine (C=N–C) groups is 1. The molecule has 2 heterocycles. The van der Waals surface area contributed by atoms with Crippen molar-refractivity contribution >= 4 is 11.6 Å². The third kappa shape index (κ3) is 8.20. The van der Waals surface area contributed by atoms with E-state index < -0.39 is 0 Å². The van der Waals surface area contributed by atoms with Crippen LogP contribution < -0.4 is 10.2 Å². The fourth-order valence-corrected chi connectivity index (χ4v) is 3.88. The molecule has 1 aliphatic heterocycles. The van der Waals surface area contributed by atoms with Crippen molar-refractivity contribution in [1.82, 2.24) is 10.2 Å². The molecule has 1 N–H and O–H groups in total. The highest BCUT2D eigenvalue weighted by atomic mass is 16.5. The predicted molar refractivity (Wildman–Crippen MR) is 129 cm³/mol. The number of nitrogens with one attached hydrogen (secondary N) is 1. The maximum absolute atomic E-state index is 5.75. The standard InChI is InChI=1S/C25H38N4O3/c1-28(23-8-4-3-5-9-23)15-7-13-26-25(27-14-11-24-10-6-17-32-24)29-16-12-22(20-29)21-31-19-18-30-2/h3-6,8-10,17,22H,7,11-16,18-21H2,1-2H3,(H,26,27). The number of rotatable bonds is 13. The molecule has 0 saturated carbocycles. The lowest BCUT2D eigenvalue weighted by atomic mass is 10.1. The molecule has 1 unspecified atom stereocenters. The average Bonchev–Trinajstić information content (AvgIpc) is 3.51. The summed E-state index contributed by atoms with van der Waals surface area (Å²) in [5, 5.41) is 3.56. The molecule has 1 saturated heterocycles. The van der Waals surface area contributed by atoms with Gasteiger partial charge in [0.1, 0.15) is 5.76 Å². The lowest BCUT2D eigenvalue weighted by Crippen LogP contribution is -2.41. The van der Waals surface area contributed by atoms with Gasteiger partial charge in [-0.2, -0.15) is 0 Å². The molecule has 7 heteroatoms. The molecule has 0 radical (unpaired) electrons. The Morgan fingerprint density at radius 3 is 2.88 bits per heavy atom. The molecule has 1 aliphatic rings. The van der Waals surface area contributed by atoms with E-state index in [0.29, 0.717) is 19.1 Å². The third-order valence-corrected chi connectivity index (χ3v) is 5.72. The van der Waals surface area contributed by atoms with E-state index in [4.69, 9.17) is 18.9 Å². The van der Waals surface area contributed by atoms with E-state index in [1.165, 1.54) is 5.69 Å². The van der Waals surface area contributed by atoms with Crippen LogP contribution in [0.3, 0.4) is 0 Å². The topological polar surface area (TPSA) is 62.5 Å². The Labute approximate surface area is 192 Å². The van der Waals surface area contributed by atoms with Gasteiger partial charge in [-0.1, -0.05) is 18.2 Å². The Morgan fingerprint density at radius 2 is 2.09 bits per heavy atom. The number of guanidine groups is 1. The van der Waals surface area contributed by atoms with Crippen LogP contribution in [0.1, 0.15) is 18.6 Å². The highest BCUT2D eigenvalue weighted by Crippen LogP contribution is 2.17. The number of benzene rings is 1. The molecule has 2 aromatic rings. The molecule has 7 nitrogen and oxygen atoms in total. The van der Waals surface area contributed by atoms with Crippen molar-refractivity contribution in [3.05, 3.63) is 54.5 Å². The number of hydrogen-bond donors (Lipinski definition) is 1. The zero-order chi connectivity index (χ0) is 22.4. The fourth-order valence-electron chi connectivity index (χ4n) is 3.88. The Kier molecular flexibility index (Phi) is 10.4. The van der Waals surface area contributed by atoms with Crippen molar-refractivity contribution in [1.29, 1.82) is 0 Å². The monoisotopic (exact) mass is 442 g/mol. The van der Waals surface area contributed by atoms with Crippen molar-refractivity contribution in [3.63, 3.8) is 0 Å². The van der Waals surface area contributed by atoms with E-state index in [1.54, 1.807) is 13.4 Å². The summed E-state index contributed by atoms with van der Waals surface area (Å²) in [5.41, 5.74) is 1.24. The highest BCUT2D eigenvalue weighted by molar-refractivity contribution is 5.80. The van der Waals surface area contributed by atoms with Crippen LogP contribution in [-0.2, 0) is 15.9 Å². The quantitative estimate of drug-likeness (QED) is 0.292. The van der Waals surface area contributed by atoms with Crippen LogP contribution in [0, 0.1) is 5.92 Å². The van der Waals surface area contributed by atoms with Crippen LogP contribution in [-0.4, -0.2) is 77.6 Å². The lowest BCUT2D eigenvalue weighted by molar-refractivity contribution is 0.0536. The van der Waals surface area contributed by atoms with Gasteiger partial charge in [-0.25, -0.2) is 0 Å². The first-order chi connectivity index (χ1) is 15.8. The first kappa shape index (κ1) is 24.1. The Balaban J connectivity index is 1.48. The SMILES string of the molecule is COCCOCC1CCN(C(=NCCCN(C)c2ccccc2)NCCc2ccco2)C1. The maximum atomic E-state index is 5.75. The van der Waals surface area contributed by atoms with Gasteiger partial charge >= 0.3 is 0 Å². The molecule has 32 heavy (non-hydrogen) atoms. The minimum absolute atomic E-state index is 0.535. The molecule has 1 aromatic carbocycles. The second kappa shape index (κ2) is 13.8. The van der Waals surface area contributed by atoms with E-state index in [-0.39, 0.29) is 0 Å². The summed E-state index contributed by atoms with van der Waals surface area (Å²) in [6.45, 7) is 6.65. The zero-order valence-corrected chi connectivity index (χ0v) is 19.5. The van der Waals surface area contributed by atoms with Gasteiger partial charge in [0.15, 0.2) is 5.96 Å². The molecular formula is C25H38N4O3. The molecule has 0 spiro atoms. The van der Waals surface area contributed by atoms with Crippen LogP contribution in [0.2, 0.25) is 0 Å². The van der Waals surface area contributed by atoms with Crippen LogP contribution in [0.4, 0.5) is 5.69 Å². The number of likely N-dealkylation sites (tertiary alicyclic amines) is 1. The molecule has 3 rings (SSSR count). The number of nitrogens with zero attached hydrogens (tertiary/aromatic N) is 3. The number of furan rings is 1. The lowest BCUT2D eigenvalue weighted by Gasteiger charge is -2.23. The van der Waals surface area contributed by atoms with Gasteiger partial charge in [-0.05, 0) is 37.1 Å². The zero-order valence-electron chi connectivity index (χ0n) is 19.5. The van der Waals surface area contributed by atoms with Crippen LogP contribution in [0.25, 0.3) is 0 Å². The summed E-state index contributed by atoms with van der Waals surface area (Å²) in [5.74, 6) is 2.53. The first-order valence-corrected chi connectivity index (χ1v) is 11.6. The smallest absolute Gasteiger partial charge is 0.193 e. The Hall–Kier alpha value is -2.51. The van der Waals surface area contributed by atoms with Crippen molar-refractivity contribution in [2.75, 3.05) is 71.6 Å². The predicted octanol–water partition coefficient (Wildman–Crippen LogP) is 3.28. The van der Waals surface area contributed by atoms with Crippen LogP contribution in [0.15, 0.2) is 58.1 Å². The van der Waals surface area contributed by atoms with E-state index in [2.05, 4.69) is 46.4 Å². The molecule has 1 fully saturated rings. The Bertz CT molecular complexity index is 767. The largest absolute Gasteiger partial charge is 0.469 e. The number of methoxy groups -OCH3 is 1. The highest BCUT2D eigenvalue weighted by Gasteiger charge is 2.25. The van der Waals surface area contributed by atoms with Crippen LogP contribution in [0.5, 0.6) is 0 Å². The molecule has 1 atom stereocenters. The van der Waals surface area contributed by atoms with Gasteiger partial charge in [0, 0.05) is 64.9 Å². The number of ether oxygens (including phenoxy) is 2. The minimum Gasteiger partial charge on any atom is -0.469 e. The van der Waals surface area contributed by atoms with Gasteiger partial charge in [0.05, 0.1) is 26.1 Å². The normalized spacial score (nSPS) is 16.5. The van der Waals surface area contributed by atoms with Crippen molar-refractivity contribution in [2.45, 2.75) is 19.3 Å². The van der Waals surface area contributed by atoms with Crippen molar-refractivity contribution in [3.8, 4) is 0 Å². The molecule has 1 aromatic heterocycles. The number of anilines is 1. The molecule has 0 aliphatic carbocycles. The molecule has 176 valence electrons. The summed E-state index contributed by atoms with van der Waals surface area (Å²) in [7, 11) is 3.84. The summed E-state index contributed by atoms with van der Waals surface area (Å²) in [6, 6.07) is 14.4. The molecule has 0 bridgehead atoms. The second-order valence-corrected chi connectivity index (χ2v) is 8.24. The molecular weight excluding hydrogens is 404 g/mol. The Morgan fingerprint density at radius 1 is 1.22 bits per heavy atom. The van der Waals surface area contributed by atoms with E-state index >= 15 is 0 Å². The van der Waals surface area contributed by atoms with E-state index in [1.807, 2.05) is 18.2 Å². The van der Waals surface area contributed by atoms with Gasteiger partial charge in [-0.3, -0.25) is 4.99 Å². The summed E-state index contributed by atoms with van der Waals surface area (Å²) < 4.78 is 16.3. The second-order valence-electron chi connectivity index (χ2n) is 8.24. The average molecular weight is 443 g/mol. The maximum Gasteiger partial charge on any atom is 0.193 e. The summed E-state index contributed by atoms with van der Waals surface area (Å²) in [4.78, 5) is 9.60. The van der Waals surface area contributed by atoms with Gasteiger partial charge in [0.25, 0.3) is 0 Å². The minimum atomic E-state index is 0.535. The van der Waals surface area contributed by atoms with Gasteiger partial charge in [-0.15, -0.1) is 0 Å². The summed E-state index contributed by atoms with van der Waals surface area (Å²) >= 11 is 0. The molecule has 0 amide bonds. The van der Waals surface area contributed by atoms with Crippen molar-refractivity contribution < 1.29 is 13.9 Å². The van der Waals surface area contributed by atoms with Crippen LogP contribution >= 0.6 is 0 Å². The third-order valence-electron chi connectivity index (χ3n) is 5.72. The van der Waals surface area contributed by atoms with Crippen molar-refractivity contribution in [2.24, 2.45) is 10.9 Å². The van der Waals surface area contributed by atoms with Gasteiger partial charge < -0.3 is 29.0 Å². The summed E-state index contributed by atoms with van der Waals surface area (Å²) in [6.07, 6.45) is 4.71. The first-order valence-electron chi connectivity index (χ1n) is 11.6. The van der Waals surface area contributed by atoms with E-state index in [9.17, 15) is 0 Å².